The van der Waals surface area contributed by atoms with E-state index in [1.807, 2.05) is 22.6 Å². The molecule has 6 heteroatoms. The van der Waals surface area contributed by atoms with E-state index in [2.05, 4.69) is 0 Å². The molecular weight excluding hydrogens is 434 g/mol. The van der Waals surface area contributed by atoms with Crippen LogP contribution in [-0.4, -0.2) is 11.6 Å². The van der Waals surface area contributed by atoms with Crippen LogP contribution in [-0.2, 0) is 4.74 Å². The molecule has 23 heavy (non-hydrogen) atoms. The van der Waals surface area contributed by atoms with Gasteiger partial charge in [0.2, 0.25) is 0 Å². The average molecular weight is 449 g/mol. The van der Waals surface area contributed by atoms with Gasteiger partial charge in [0.25, 0.3) is 0 Å². The Kier molecular flexibility index (Phi) is 5.52. The van der Waals surface area contributed by atoms with Gasteiger partial charge in [-0.1, -0.05) is 11.6 Å². The summed E-state index contributed by atoms with van der Waals surface area (Å²) in [6.07, 6.45) is 0. The van der Waals surface area contributed by atoms with Crippen molar-refractivity contribution >= 4 is 40.2 Å². The Bertz CT molecular complexity index is 724. The van der Waals surface area contributed by atoms with Gasteiger partial charge >= 0.3 is 5.97 Å². The minimum atomic E-state index is -0.703. The molecule has 0 bridgehead atoms. The number of halogens is 3. The zero-order chi connectivity index (χ0) is 17.2. The molecule has 122 valence electrons. The van der Waals surface area contributed by atoms with Crippen LogP contribution >= 0.6 is 34.2 Å². The summed E-state index contributed by atoms with van der Waals surface area (Å²) < 4.78 is 25.6. The SMILES string of the molecule is CC(C)(C)OC(=O)c1cc(I)c(Oc2ccc(Cl)cc2)cc1F. The number of carbonyl (C=O) groups is 1. The van der Waals surface area contributed by atoms with Crippen molar-refractivity contribution in [3.8, 4) is 11.5 Å². The van der Waals surface area contributed by atoms with E-state index in [4.69, 9.17) is 21.1 Å². The molecule has 0 saturated heterocycles. The van der Waals surface area contributed by atoms with Crippen molar-refractivity contribution in [2.45, 2.75) is 26.4 Å². The molecule has 0 aromatic heterocycles. The normalized spacial score (nSPS) is 11.2. The van der Waals surface area contributed by atoms with Crippen LogP contribution in [0.1, 0.15) is 31.1 Å². The molecule has 0 heterocycles. The lowest BCUT2D eigenvalue weighted by atomic mass is 10.1. The van der Waals surface area contributed by atoms with Crippen LogP contribution in [0.2, 0.25) is 5.02 Å². The predicted molar refractivity (Wildman–Crippen MR) is 95.8 cm³/mol. The molecule has 2 aromatic carbocycles. The molecule has 0 aliphatic heterocycles. The summed E-state index contributed by atoms with van der Waals surface area (Å²) in [6.45, 7) is 5.18. The first-order valence-electron chi connectivity index (χ1n) is 6.81. The Morgan fingerprint density at radius 1 is 1.17 bits per heavy atom. The predicted octanol–water partition coefficient (Wildman–Crippen LogP) is 5.83. The Hall–Kier alpha value is -1.34. The molecule has 0 unspecified atom stereocenters. The number of esters is 1. The summed E-state index contributed by atoms with van der Waals surface area (Å²) in [5.74, 6) is -0.552. The molecule has 0 atom stereocenters. The fraction of sp³-hybridized carbons (Fsp3) is 0.235. The van der Waals surface area contributed by atoms with Gasteiger partial charge in [-0.3, -0.25) is 0 Å². The number of hydrogen-bond acceptors (Lipinski definition) is 3. The van der Waals surface area contributed by atoms with E-state index >= 15 is 0 Å². The van der Waals surface area contributed by atoms with Crippen LogP contribution in [0, 0.1) is 9.39 Å². The molecule has 0 aliphatic carbocycles. The molecule has 0 saturated carbocycles. The standard InChI is InChI=1S/C17H15ClFIO3/c1-17(2,3)23-16(21)12-8-14(20)15(9-13(12)19)22-11-6-4-10(18)5-7-11/h4-9H,1-3H3. The highest BCUT2D eigenvalue weighted by atomic mass is 127. The smallest absolute Gasteiger partial charge is 0.341 e. The van der Waals surface area contributed by atoms with Gasteiger partial charge < -0.3 is 9.47 Å². The average Bonchev–Trinajstić information content (AvgIpc) is 2.43. The molecule has 3 nitrogen and oxygen atoms in total. The number of hydrogen-bond donors (Lipinski definition) is 0. The first-order valence-corrected chi connectivity index (χ1v) is 8.27. The van der Waals surface area contributed by atoms with E-state index in [1.165, 1.54) is 12.1 Å². The first kappa shape index (κ1) is 18.0. The van der Waals surface area contributed by atoms with Gasteiger partial charge in [-0.2, -0.15) is 0 Å². The zero-order valence-corrected chi connectivity index (χ0v) is 15.7. The van der Waals surface area contributed by atoms with Crippen LogP contribution in [0.15, 0.2) is 36.4 Å². The van der Waals surface area contributed by atoms with Crippen LogP contribution in [0.5, 0.6) is 11.5 Å². The van der Waals surface area contributed by atoms with E-state index in [1.54, 1.807) is 45.0 Å². The summed E-state index contributed by atoms with van der Waals surface area (Å²) >= 11 is 7.79. The highest BCUT2D eigenvalue weighted by Gasteiger charge is 2.22. The quantitative estimate of drug-likeness (QED) is 0.438. The second-order valence-electron chi connectivity index (χ2n) is 5.82. The number of benzene rings is 2. The highest BCUT2D eigenvalue weighted by molar-refractivity contribution is 14.1. The molecule has 0 N–H and O–H groups in total. The van der Waals surface area contributed by atoms with Crippen LogP contribution in [0.25, 0.3) is 0 Å². The molecule has 2 rings (SSSR count). The number of ether oxygens (including phenoxy) is 2. The monoisotopic (exact) mass is 448 g/mol. The summed E-state index contributed by atoms with van der Waals surface area (Å²) in [4.78, 5) is 12.0. The molecular formula is C17H15ClFIO3. The summed E-state index contributed by atoms with van der Waals surface area (Å²) in [6, 6.07) is 9.30. The van der Waals surface area contributed by atoms with Gasteiger partial charge in [0.15, 0.2) is 0 Å². The first-order chi connectivity index (χ1) is 10.7. The maximum Gasteiger partial charge on any atom is 0.341 e. The topological polar surface area (TPSA) is 35.5 Å². The lowest BCUT2D eigenvalue weighted by molar-refractivity contribution is 0.00646. The third kappa shape index (κ3) is 5.07. The van der Waals surface area contributed by atoms with Gasteiger partial charge in [0, 0.05) is 11.1 Å². The zero-order valence-electron chi connectivity index (χ0n) is 12.8. The van der Waals surface area contributed by atoms with Crippen LogP contribution in [0.4, 0.5) is 4.39 Å². The summed E-state index contributed by atoms with van der Waals surface area (Å²) in [7, 11) is 0. The van der Waals surface area contributed by atoms with E-state index in [0.29, 0.717) is 20.1 Å². The summed E-state index contributed by atoms with van der Waals surface area (Å²) in [5, 5.41) is 0.582. The van der Waals surface area contributed by atoms with Crippen LogP contribution in [0.3, 0.4) is 0 Å². The number of rotatable bonds is 3. The second-order valence-corrected chi connectivity index (χ2v) is 7.42. The van der Waals surface area contributed by atoms with Crippen molar-refractivity contribution < 1.29 is 18.7 Å². The van der Waals surface area contributed by atoms with Gasteiger partial charge in [-0.15, -0.1) is 0 Å². The minimum Gasteiger partial charge on any atom is -0.456 e. The third-order valence-corrected chi connectivity index (χ3v) is 3.78. The van der Waals surface area contributed by atoms with Crippen LogP contribution < -0.4 is 4.74 Å². The fourth-order valence-corrected chi connectivity index (χ4v) is 2.43. The van der Waals surface area contributed by atoms with Gasteiger partial charge in [0.05, 0.1) is 9.13 Å². The van der Waals surface area contributed by atoms with Gasteiger partial charge in [-0.05, 0) is 73.7 Å². The maximum atomic E-state index is 14.2. The fourth-order valence-electron chi connectivity index (χ4n) is 1.73. The van der Waals surface area contributed by atoms with E-state index in [9.17, 15) is 9.18 Å². The van der Waals surface area contributed by atoms with E-state index < -0.39 is 17.4 Å². The Morgan fingerprint density at radius 3 is 2.35 bits per heavy atom. The van der Waals surface area contributed by atoms with E-state index in [-0.39, 0.29) is 5.56 Å². The van der Waals surface area contributed by atoms with E-state index in [0.717, 1.165) is 0 Å². The molecule has 0 aliphatic rings. The molecule has 0 radical (unpaired) electrons. The second kappa shape index (κ2) is 7.05. The van der Waals surface area contributed by atoms with Crippen molar-refractivity contribution in [2.75, 3.05) is 0 Å². The van der Waals surface area contributed by atoms with Crippen molar-refractivity contribution in [1.29, 1.82) is 0 Å². The highest BCUT2D eigenvalue weighted by Crippen LogP contribution is 2.30. The van der Waals surface area contributed by atoms with Gasteiger partial charge in [-0.25, -0.2) is 9.18 Å². The third-order valence-electron chi connectivity index (χ3n) is 2.68. The largest absolute Gasteiger partial charge is 0.456 e. The summed E-state index contributed by atoms with van der Waals surface area (Å²) in [5.41, 5.74) is -0.805. The lowest BCUT2D eigenvalue weighted by Crippen LogP contribution is -2.24. The Labute approximate surface area is 152 Å². The lowest BCUT2D eigenvalue weighted by Gasteiger charge is -2.20. The minimum absolute atomic E-state index is 0.118. The van der Waals surface area contributed by atoms with Crippen molar-refractivity contribution in [1.82, 2.24) is 0 Å². The molecule has 0 fully saturated rings. The maximum absolute atomic E-state index is 14.2. The Balaban J connectivity index is 2.26. The van der Waals surface area contributed by atoms with Crippen molar-refractivity contribution in [3.63, 3.8) is 0 Å². The molecule has 0 amide bonds. The molecule has 0 spiro atoms. The molecule has 2 aromatic rings. The Morgan fingerprint density at radius 2 is 1.78 bits per heavy atom. The number of carbonyl (C=O) groups excluding carboxylic acids is 1. The van der Waals surface area contributed by atoms with Gasteiger partial charge in [0.1, 0.15) is 22.9 Å². The van der Waals surface area contributed by atoms with Crippen molar-refractivity contribution in [2.24, 2.45) is 0 Å². The van der Waals surface area contributed by atoms with Crippen molar-refractivity contribution in [3.05, 3.63) is 56.4 Å².